The zero-order valence-corrected chi connectivity index (χ0v) is 11.3. The van der Waals surface area contributed by atoms with E-state index in [9.17, 15) is 0 Å². The second-order valence-corrected chi connectivity index (χ2v) is 4.72. The molecule has 102 valence electrons. The minimum absolute atomic E-state index is 0.0986. The minimum Gasteiger partial charge on any atom is -0.397 e. The maximum Gasteiger partial charge on any atom is 0.0996 e. The van der Waals surface area contributed by atoms with Crippen molar-refractivity contribution in [1.82, 2.24) is 19.5 Å². The first kappa shape index (κ1) is 12.6. The number of nitrogens with zero attached hydrogens (tertiary/aromatic N) is 4. The van der Waals surface area contributed by atoms with Gasteiger partial charge in [-0.15, -0.1) is 0 Å². The van der Waals surface area contributed by atoms with Crippen molar-refractivity contribution in [3.05, 3.63) is 41.7 Å². The number of nitrogens with two attached hydrogens (primary N) is 1. The van der Waals surface area contributed by atoms with Crippen LogP contribution >= 0.6 is 0 Å². The average Bonchev–Trinajstić information content (AvgIpc) is 2.89. The monoisotopic (exact) mass is 269 g/mol. The molecule has 0 saturated heterocycles. The summed E-state index contributed by atoms with van der Waals surface area (Å²) in [6.07, 6.45) is 3.36. The van der Waals surface area contributed by atoms with Crippen LogP contribution < -0.4 is 5.73 Å². The van der Waals surface area contributed by atoms with E-state index in [1.165, 1.54) is 0 Å². The van der Waals surface area contributed by atoms with Gasteiger partial charge >= 0.3 is 0 Å². The first-order chi connectivity index (χ1) is 9.58. The van der Waals surface area contributed by atoms with Crippen molar-refractivity contribution < 1.29 is 5.11 Å². The Morgan fingerprint density at radius 2 is 1.80 bits per heavy atom. The highest BCUT2D eigenvalue weighted by Gasteiger charge is 2.09. The Bertz CT molecular complexity index is 794. The summed E-state index contributed by atoms with van der Waals surface area (Å²) in [5, 5.41) is 9.08. The molecule has 2 heterocycles. The lowest BCUT2D eigenvalue weighted by Crippen LogP contribution is -2.01. The van der Waals surface area contributed by atoms with Gasteiger partial charge in [0.1, 0.15) is 0 Å². The van der Waals surface area contributed by atoms with Crippen LogP contribution in [0.5, 0.6) is 0 Å². The molecule has 2 aromatic heterocycles. The fraction of sp³-hybridized carbons (Fsp3) is 0.214. The summed E-state index contributed by atoms with van der Waals surface area (Å²) in [5.41, 5.74) is 11.4. The van der Waals surface area contributed by atoms with Gasteiger partial charge in [-0.2, -0.15) is 0 Å². The molecular weight excluding hydrogens is 254 g/mol. The maximum absolute atomic E-state index is 9.08. The minimum atomic E-state index is -0.0986. The van der Waals surface area contributed by atoms with Crippen molar-refractivity contribution in [2.24, 2.45) is 0 Å². The molecule has 0 fully saturated rings. The van der Waals surface area contributed by atoms with E-state index in [2.05, 4.69) is 15.0 Å². The molecule has 20 heavy (non-hydrogen) atoms. The molecular formula is C14H15N5O. The Balaban J connectivity index is 2.20. The zero-order valence-electron chi connectivity index (χ0n) is 11.3. The van der Waals surface area contributed by atoms with Crippen LogP contribution in [0, 0.1) is 13.8 Å². The molecule has 0 aliphatic rings. The zero-order chi connectivity index (χ0) is 14.3. The summed E-state index contributed by atoms with van der Waals surface area (Å²) in [4.78, 5) is 13.1. The number of fused-ring (bicyclic) bond motifs is 1. The number of hydrogen-bond acceptors (Lipinski definition) is 5. The fourth-order valence-electron chi connectivity index (χ4n) is 2.08. The first-order valence-corrected chi connectivity index (χ1v) is 6.27. The van der Waals surface area contributed by atoms with Crippen LogP contribution in [0.3, 0.4) is 0 Å². The predicted octanol–water partition coefficient (Wildman–Crippen LogP) is 1.51. The van der Waals surface area contributed by atoms with Crippen LogP contribution in [0.15, 0.2) is 24.7 Å². The molecule has 0 unspecified atom stereocenters. The molecule has 3 N–H and O–H groups in total. The summed E-state index contributed by atoms with van der Waals surface area (Å²) in [5.74, 6) is 0. The molecule has 0 aliphatic heterocycles. The highest BCUT2D eigenvalue weighted by atomic mass is 16.3. The van der Waals surface area contributed by atoms with E-state index in [0.717, 1.165) is 28.1 Å². The summed E-state index contributed by atoms with van der Waals surface area (Å²) in [6.45, 7) is 3.76. The van der Waals surface area contributed by atoms with Gasteiger partial charge in [-0.3, -0.25) is 0 Å². The molecule has 0 atom stereocenters. The number of anilines is 1. The summed E-state index contributed by atoms with van der Waals surface area (Å²) >= 11 is 0. The largest absolute Gasteiger partial charge is 0.397 e. The van der Waals surface area contributed by atoms with Crippen LogP contribution in [-0.4, -0.2) is 24.6 Å². The van der Waals surface area contributed by atoms with Crippen molar-refractivity contribution in [2.75, 3.05) is 5.73 Å². The predicted molar refractivity (Wildman–Crippen MR) is 76.5 cm³/mol. The van der Waals surface area contributed by atoms with Crippen LogP contribution in [0.1, 0.15) is 17.1 Å². The second-order valence-electron chi connectivity index (χ2n) is 4.72. The smallest absolute Gasteiger partial charge is 0.0996 e. The van der Waals surface area contributed by atoms with E-state index in [-0.39, 0.29) is 6.61 Å². The standard InChI is InChI=1S/C14H15N5O/c1-8-9(2)18-13-4-14(11(15)3-12(13)17-8)19-5-10(6-20)16-7-19/h3-5,7,20H,6,15H2,1-2H3. The van der Waals surface area contributed by atoms with Gasteiger partial charge in [0.05, 0.1) is 52.4 Å². The molecule has 3 aromatic rings. The van der Waals surface area contributed by atoms with Crippen molar-refractivity contribution in [1.29, 1.82) is 0 Å². The second kappa shape index (κ2) is 4.57. The topological polar surface area (TPSA) is 89.8 Å². The Morgan fingerprint density at radius 3 is 2.40 bits per heavy atom. The third-order valence-electron chi connectivity index (χ3n) is 3.30. The molecule has 0 spiro atoms. The number of nitrogen functional groups attached to an aromatic ring is 1. The van der Waals surface area contributed by atoms with Crippen molar-refractivity contribution in [2.45, 2.75) is 20.5 Å². The van der Waals surface area contributed by atoms with Crippen molar-refractivity contribution in [3.63, 3.8) is 0 Å². The van der Waals surface area contributed by atoms with Crippen molar-refractivity contribution in [3.8, 4) is 5.69 Å². The van der Waals surface area contributed by atoms with E-state index >= 15 is 0 Å². The highest BCUT2D eigenvalue weighted by molar-refractivity contribution is 5.83. The van der Waals surface area contributed by atoms with Crippen LogP contribution in [-0.2, 0) is 6.61 Å². The van der Waals surface area contributed by atoms with E-state index in [1.807, 2.05) is 26.0 Å². The molecule has 0 amide bonds. The summed E-state index contributed by atoms with van der Waals surface area (Å²) < 4.78 is 1.77. The molecule has 3 rings (SSSR count). The quantitative estimate of drug-likeness (QED) is 0.688. The Labute approximate surface area is 115 Å². The molecule has 0 aliphatic carbocycles. The number of aromatic nitrogens is 4. The SMILES string of the molecule is Cc1nc2cc(N)c(-n3cnc(CO)c3)cc2nc1C. The summed E-state index contributed by atoms with van der Waals surface area (Å²) in [7, 11) is 0. The van der Waals surface area contributed by atoms with Gasteiger partial charge in [0.2, 0.25) is 0 Å². The van der Waals surface area contributed by atoms with Gasteiger partial charge in [-0.1, -0.05) is 0 Å². The maximum atomic E-state index is 9.08. The number of hydrogen-bond donors (Lipinski definition) is 2. The van der Waals surface area contributed by atoms with Crippen LogP contribution in [0.2, 0.25) is 0 Å². The Morgan fingerprint density at radius 1 is 1.15 bits per heavy atom. The molecule has 0 saturated carbocycles. The average molecular weight is 269 g/mol. The molecule has 6 heteroatoms. The summed E-state index contributed by atoms with van der Waals surface area (Å²) in [6, 6.07) is 3.69. The van der Waals surface area contributed by atoms with Gasteiger partial charge < -0.3 is 15.4 Å². The van der Waals surface area contributed by atoms with Crippen LogP contribution in [0.25, 0.3) is 16.7 Å². The number of aryl methyl sites for hydroxylation is 2. The van der Waals surface area contributed by atoms with E-state index in [0.29, 0.717) is 11.4 Å². The Kier molecular flexibility index (Phi) is 2.87. The van der Waals surface area contributed by atoms with E-state index in [1.54, 1.807) is 17.1 Å². The third kappa shape index (κ3) is 2.00. The van der Waals surface area contributed by atoms with Gasteiger partial charge in [0.25, 0.3) is 0 Å². The van der Waals surface area contributed by atoms with Gasteiger partial charge in [-0.05, 0) is 26.0 Å². The van der Waals surface area contributed by atoms with Crippen LogP contribution in [0.4, 0.5) is 5.69 Å². The van der Waals surface area contributed by atoms with Crippen molar-refractivity contribution >= 4 is 16.7 Å². The number of aliphatic hydroxyl groups excluding tert-OH is 1. The van der Waals surface area contributed by atoms with Gasteiger partial charge in [0.15, 0.2) is 0 Å². The fourth-order valence-corrected chi connectivity index (χ4v) is 2.08. The molecule has 0 bridgehead atoms. The normalized spacial score (nSPS) is 11.2. The highest BCUT2D eigenvalue weighted by Crippen LogP contribution is 2.24. The van der Waals surface area contributed by atoms with E-state index in [4.69, 9.17) is 10.8 Å². The molecule has 0 radical (unpaired) electrons. The third-order valence-corrected chi connectivity index (χ3v) is 3.30. The van der Waals surface area contributed by atoms with E-state index < -0.39 is 0 Å². The number of imidazole rings is 1. The number of benzene rings is 1. The van der Waals surface area contributed by atoms with Gasteiger partial charge in [-0.25, -0.2) is 15.0 Å². The molecule has 1 aromatic carbocycles. The lowest BCUT2D eigenvalue weighted by molar-refractivity contribution is 0.277. The van der Waals surface area contributed by atoms with Gasteiger partial charge in [0, 0.05) is 6.20 Å². The lowest BCUT2D eigenvalue weighted by atomic mass is 10.2. The molecule has 6 nitrogen and oxygen atoms in total. The number of rotatable bonds is 2. The Hall–Kier alpha value is -2.47. The first-order valence-electron chi connectivity index (χ1n) is 6.27. The lowest BCUT2D eigenvalue weighted by Gasteiger charge is -2.09. The number of aliphatic hydroxyl groups is 1.